The molecule has 0 amide bonds. The number of rotatable bonds is 4. The van der Waals surface area contributed by atoms with Crippen LogP contribution in [0.25, 0.3) is 0 Å². The number of aryl methyl sites for hydroxylation is 1. The zero-order chi connectivity index (χ0) is 11.4. The zero-order valence-electron chi connectivity index (χ0n) is 10.3. The third-order valence-electron chi connectivity index (χ3n) is 3.51. The lowest BCUT2D eigenvalue weighted by Crippen LogP contribution is -2.38. The zero-order valence-corrected chi connectivity index (χ0v) is 10.3. The molecular weight excluding hydrogens is 200 g/mol. The molecule has 1 aliphatic rings. The molecule has 2 unspecified atom stereocenters. The second-order valence-electron chi connectivity index (χ2n) is 4.91. The summed E-state index contributed by atoms with van der Waals surface area (Å²) in [5.41, 5.74) is 0. The molecule has 4 nitrogen and oxygen atoms in total. The van der Waals surface area contributed by atoms with Crippen molar-refractivity contribution in [1.29, 1.82) is 0 Å². The van der Waals surface area contributed by atoms with E-state index in [4.69, 9.17) is 0 Å². The van der Waals surface area contributed by atoms with Gasteiger partial charge in [-0.25, -0.2) is 4.98 Å². The van der Waals surface area contributed by atoms with E-state index in [1.807, 2.05) is 7.05 Å². The Kier molecular flexibility index (Phi) is 3.93. The molecule has 1 N–H and O–H groups in total. The Labute approximate surface area is 97.5 Å². The predicted octanol–water partition coefficient (Wildman–Crippen LogP) is 1.53. The minimum absolute atomic E-state index is 0.706. The lowest BCUT2D eigenvalue weighted by Gasteiger charge is -2.29. The molecule has 2 atom stereocenters. The minimum Gasteiger partial charge on any atom is -0.313 e. The van der Waals surface area contributed by atoms with Gasteiger partial charge in [-0.3, -0.25) is 4.68 Å². The van der Waals surface area contributed by atoms with Crippen molar-refractivity contribution in [2.24, 2.45) is 13.0 Å². The lowest BCUT2D eigenvalue weighted by molar-refractivity contribution is 0.282. The number of hydrogen-bond acceptors (Lipinski definition) is 3. The van der Waals surface area contributed by atoms with Gasteiger partial charge in [0.05, 0.1) is 0 Å². The number of aromatic nitrogens is 3. The van der Waals surface area contributed by atoms with E-state index in [0.717, 1.165) is 24.7 Å². The van der Waals surface area contributed by atoms with Crippen LogP contribution in [-0.2, 0) is 13.5 Å². The van der Waals surface area contributed by atoms with Gasteiger partial charge in [-0.15, -0.1) is 0 Å². The van der Waals surface area contributed by atoms with Crippen LogP contribution in [-0.4, -0.2) is 27.4 Å². The van der Waals surface area contributed by atoms with Gasteiger partial charge in [-0.05, 0) is 18.8 Å². The Morgan fingerprint density at radius 2 is 2.25 bits per heavy atom. The maximum absolute atomic E-state index is 4.28. The van der Waals surface area contributed by atoms with E-state index < -0.39 is 0 Å². The summed E-state index contributed by atoms with van der Waals surface area (Å²) in [5.74, 6) is 1.77. The van der Waals surface area contributed by atoms with E-state index in [0.29, 0.717) is 6.04 Å². The summed E-state index contributed by atoms with van der Waals surface area (Å²) in [4.78, 5) is 4.23. The average Bonchev–Trinajstić information content (AvgIpc) is 2.67. The molecule has 16 heavy (non-hydrogen) atoms. The summed E-state index contributed by atoms with van der Waals surface area (Å²) in [6.45, 7) is 3.36. The number of hydrogen-bond donors (Lipinski definition) is 1. The third-order valence-corrected chi connectivity index (χ3v) is 3.51. The van der Waals surface area contributed by atoms with Crippen LogP contribution in [0.5, 0.6) is 0 Å². The molecule has 0 aromatic carbocycles. The molecule has 2 rings (SSSR count). The fourth-order valence-corrected chi connectivity index (χ4v) is 2.49. The van der Waals surface area contributed by atoms with E-state index >= 15 is 0 Å². The predicted molar refractivity (Wildman–Crippen MR) is 64.1 cm³/mol. The van der Waals surface area contributed by atoms with Crippen LogP contribution in [0.2, 0.25) is 0 Å². The molecule has 0 saturated heterocycles. The fraction of sp³-hybridized carbons (Fsp3) is 0.833. The maximum Gasteiger partial charge on any atom is 0.151 e. The van der Waals surface area contributed by atoms with Gasteiger partial charge in [0, 0.05) is 26.1 Å². The van der Waals surface area contributed by atoms with Gasteiger partial charge in [0.1, 0.15) is 6.33 Å². The molecule has 1 aromatic rings. The van der Waals surface area contributed by atoms with Crippen LogP contribution < -0.4 is 5.32 Å². The Hall–Kier alpha value is -0.900. The van der Waals surface area contributed by atoms with E-state index in [9.17, 15) is 0 Å². The molecule has 4 heteroatoms. The Bertz CT molecular complexity index is 321. The van der Waals surface area contributed by atoms with Crippen LogP contribution in [0.4, 0.5) is 0 Å². The van der Waals surface area contributed by atoms with Crippen molar-refractivity contribution in [2.75, 3.05) is 6.54 Å². The van der Waals surface area contributed by atoms with Crippen molar-refractivity contribution < 1.29 is 0 Å². The average molecular weight is 222 g/mol. The van der Waals surface area contributed by atoms with E-state index in [-0.39, 0.29) is 0 Å². The summed E-state index contributed by atoms with van der Waals surface area (Å²) in [7, 11) is 1.91. The summed E-state index contributed by atoms with van der Waals surface area (Å²) >= 11 is 0. The van der Waals surface area contributed by atoms with Crippen molar-refractivity contribution in [3.05, 3.63) is 12.2 Å². The summed E-state index contributed by atoms with van der Waals surface area (Å²) in [6.07, 6.45) is 8.18. The highest BCUT2D eigenvalue weighted by Crippen LogP contribution is 2.23. The first-order valence-corrected chi connectivity index (χ1v) is 6.33. The Morgan fingerprint density at radius 3 is 2.94 bits per heavy atom. The second-order valence-corrected chi connectivity index (χ2v) is 4.91. The summed E-state index contributed by atoms with van der Waals surface area (Å²) in [6, 6.07) is 0.706. The summed E-state index contributed by atoms with van der Waals surface area (Å²) in [5, 5.41) is 7.92. The van der Waals surface area contributed by atoms with Crippen LogP contribution in [0.3, 0.4) is 0 Å². The molecule has 1 heterocycles. The van der Waals surface area contributed by atoms with Gasteiger partial charge in [-0.1, -0.05) is 19.8 Å². The quantitative estimate of drug-likeness (QED) is 0.840. The van der Waals surface area contributed by atoms with Crippen molar-refractivity contribution in [1.82, 2.24) is 20.1 Å². The molecular formula is C12H22N4. The minimum atomic E-state index is 0.706. The smallest absolute Gasteiger partial charge is 0.151 e. The van der Waals surface area contributed by atoms with Crippen LogP contribution in [0.15, 0.2) is 6.33 Å². The van der Waals surface area contributed by atoms with Crippen molar-refractivity contribution in [3.63, 3.8) is 0 Å². The molecule has 1 fully saturated rings. The molecule has 0 radical (unpaired) electrons. The lowest BCUT2D eigenvalue weighted by atomic mass is 9.86. The van der Waals surface area contributed by atoms with E-state index in [1.54, 1.807) is 11.0 Å². The molecule has 0 bridgehead atoms. The molecule has 0 aliphatic heterocycles. The first-order valence-electron chi connectivity index (χ1n) is 6.33. The topological polar surface area (TPSA) is 42.7 Å². The second kappa shape index (κ2) is 5.43. The highest BCUT2D eigenvalue weighted by atomic mass is 15.3. The molecule has 1 saturated carbocycles. The maximum atomic E-state index is 4.28. The SMILES string of the molecule is CC1CCCCC1NCCc1ncn(C)n1. The van der Waals surface area contributed by atoms with Gasteiger partial charge < -0.3 is 5.32 Å². The molecule has 1 aliphatic carbocycles. The van der Waals surface area contributed by atoms with Gasteiger partial charge in [0.15, 0.2) is 5.82 Å². The van der Waals surface area contributed by atoms with Crippen molar-refractivity contribution >= 4 is 0 Å². The van der Waals surface area contributed by atoms with Gasteiger partial charge in [-0.2, -0.15) is 5.10 Å². The standard InChI is InChI=1S/C12H22N4/c1-10-5-3-4-6-11(10)13-8-7-12-14-9-16(2)15-12/h9-11,13H,3-8H2,1-2H3. The van der Waals surface area contributed by atoms with Crippen LogP contribution >= 0.6 is 0 Å². The molecule has 1 aromatic heterocycles. The van der Waals surface area contributed by atoms with Crippen molar-refractivity contribution in [2.45, 2.75) is 45.1 Å². The van der Waals surface area contributed by atoms with Crippen LogP contribution in [0, 0.1) is 5.92 Å². The number of nitrogens with zero attached hydrogens (tertiary/aromatic N) is 3. The van der Waals surface area contributed by atoms with Gasteiger partial charge in [0.2, 0.25) is 0 Å². The molecule has 90 valence electrons. The summed E-state index contributed by atoms with van der Waals surface area (Å²) < 4.78 is 1.76. The molecule has 0 spiro atoms. The third kappa shape index (κ3) is 3.04. The van der Waals surface area contributed by atoms with Crippen molar-refractivity contribution in [3.8, 4) is 0 Å². The van der Waals surface area contributed by atoms with Gasteiger partial charge >= 0.3 is 0 Å². The first kappa shape index (κ1) is 11.6. The highest BCUT2D eigenvalue weighted by molar-refractivity contribution is 4.84. The number of nitrogens with one attached hydrogen (secondary N) is 1. The normalized spacial score (nSPS) is 25.9. The van der Waals surface area contributed by atoms with E-state index in [2.05, 4.69) is 22.3 Å². The Morgan fingerprint density at radius 1 is 1.44 bits per heavy atom. The first-order chi connectivity index (χ1) is 7.75. The highest BCUT2D eigenvalue weighted by Gasteiger charge is 2.20. The fourth-order valence-electron chi connectivity index (χ4n) is 2.49. The Balaban J connectivity index is 1.71. The van der Waals surface area contributed by atoms with Gasteiger partial charge in [0.25, 0.3) is 0 Å². The monoisotopic (exact) mass is 222 g/mol. The van der Waals surface area contributed by atoms with E-state index in [1.165, 1.54) is 25.7 Å². The van der Waals surface area contributed by atoms with Crippen LogP contribution in [0.1, 0.15) is 38.4 Å². The largest absolute Gasteiger partial charge is 0.313 e.